The van der Waals surface area contributed by atoms with Gasteiger partial charge in [0, 0.05) is 12.8 Å². The number of rotatable bonds is 62. The summed E-state index contributed by atoms with van der Waals surface area (Å²) >= 11 is 0. The minimum Gasteiger partial charge on any atom is -0.456 e. The number of allylic oxidation sites excluding steroid dienone is 17. The van der Waals surface area contributed by atoms with Gasteiger partial charge in [-0.15, -0.1) is 0 Å². The number of carbonyl (C=O) groups excluding carboxylic acids is 2. The van der Waals surface area contributed by atoms with Crippen LogP contribution < -0.4 is 5.32 Å². The van der Waals surface area contributed by atoms with Crippen molar-refractivity contribution in [3.63, 3.8) is 0 Å². The topological polar surface area (TPSA) is 111 Å². The van der Waals surface area contributed by atoms with Crippen LogP contribution in [0.2, 0.25) is 0 Å². The number of phosphoric ester groups is 1. The molecule has 2 N–H and O–H groups in total. The number of ether oxygens (including phenoxy) is 1. The molecule has 1 amide bonds. The number of hydrogen-bond donors (Lipinski definition) is 2. The van der Waals surface area contributed by atoms with Gasteiger partial charge in [-0.2, -0.15) is 0 Å². The average molecular weight is 1190 g/mol. The van der Waals surface area contributed by atoms with Gasteiger partial charge in [0.1, 0.15) is 19.3 Å². The van der Waals surface area contributed by atoms with Crippen LogP contribution >= 0.6 is 7.82 Å². The van der Waals surface area contributed by atoms with Gasteiger partial charge < -0.3 is 19.4 Å². The largest absolute Gasteiger partial charge is 0.472 e. The first-order valence-corrected chi connectivity index (χ1v) is 36.2. The minimum atomic E-state index is -4.46. The zero-order chi connectivity index (χ0) is 61.4. The summed E-state index contributed by atoms with van der Waals surface area (Å²) in [5.41, 5.74) is 0. The summed E-state index contributed by atoms with van der Waals surface area (Å²) in [6.45, 7) is 6.87. The van der Waals surface area contributed by atoms with E-state index >= 15 is 0 Å². The third-order valence-corrected chi connectivity index (χ3v) is 15.9. The van der Waals surface area contributed by atoms with E-state index < -0.39 is 20.0 Å². The van der Waals surface area contributed by atoms with Crippen LogP contribution in [0.25, 0.3) is 0 Å². The second kappa shape index (κ2) is 62.7. The predicted octanol–water partition coefficient (Wildman–Crippen LogP) is 22.1. The standard InChI is InChI=1S/C74H131N2O7P/c1-7-10-13-16-19-22-25-28-30-32-34-36-38-40-42-44-46-48-51-54-57-60-63-66-73(77)75-71(70-82-84(79,80)81-69-68-76(4,5)6)72(65-62-59-56-53-50-27-24-21-18-15-12-9-3)83-74(78)67-64-61-58-55-52-49-47-45-43-41-39-37-35-33-31-29-26-23-20-17-14-11-8-2/h11,14,19-20,22-23,28-31,34-37,41,43,62,65,71-72H,7-10,12-13,15-18,21,24-27,32-33,38-40,42,44-61,63-64,66-70H2,1-6H3,(H-,75,77,79,80)/p+1/b14-11-,22-19-,23-20-,30-28-,31-29-,36-34-,37-35-,43-41-,65-62+. The highest BCUT2D eigenvalue weighted by Crippen LogP contribution is 2.43. The fraction of sp³-hybridized carbons (Fsp3) is 0.730. The van der Waals surface area contributed by atoms with Crippen LogP contribution in [0.1, 0.15) is 297 Å². The number of amides is 1. The molecule has 0 aromatic carbocycles. The summed E-state index contributed by atoms with van der Waals surface area (Å²) in [6.07, 6.45) is 86.6. The molecule has 3 unspecified atom stereocenters. The molecule has 0 heterocycles. The highest BCUT2D eigenvalue weighted by atomic mass is 31.2. The van der Waals surface area contributed by atoms with E-state index in [0.29, 0.717) is 17.4 Å². The van der Waals surface area contributed by atoms with Crippen molar-refractivity contribution in [3.05, 3.63) is 109 Å². The summed E-state index contributed by atoms with van der Waals surface area (Å²) in [5.74, 6) is -0.522. The molecular formula is C74H132N2O7P+. The Morgan fingerprint density at radius 2 is 0.762 bits per heavy atom. The van der Waals surface area contributed by atoms with E-state index in [4.69, 9.17) is 13.8 Å². The lowest BCUT2D eigenvalue weighted by Gasteiger charge is -2.27. The number of carbonyl (C=O) groups is 2. The van der Waals surface area contributed by atoms with Gasteiger partial charge in [-0.3, -0.25) is 18.6 Å². The summed E-state index contributed by atoms with van der Waals surface area (Å²) in [7, 11) is 1.48. The number of hydrogen-bond acceptors (Lipinski definition) is 6. The normalized spacial score (nSPS) is 14.2. The average Bonchev–Trinajstić information content (AvgIpc) is 3.65. The lowest BCUT2D eigenvalue weighted by molar-refractivity contribution is -0.870. The van der Waals surface area contributed by atoms with E-state index in [1.807, 2.05) is 33.3 Å². The zero-order valence-corrected chi connectivity index (χ0v) is 56.3. The number of likely N-dealkylation sites (N-methyl/N-ethyl adjacent to an activating group) is 1. The van der Waals surface area contributed by atoms with E-state index in [2.05, 4.69) is 123 Å². The minimum absolute atomic E-state index is 0.0327. The van der Waals surface area contributed by atoms with Crippen LogP contribution in [-0.2, 0) is 27.9 Å². The van der Waals surface area contributed by atoms with Crippen molar-refractivity contribution in [2.24, 2.45) is 0 Å². The Morgan fingerprint density at radius 3 is 1.17 bits per heavy atom. The van der Waals surface area contributed by atoms with Crippen molar-refractivity contribution >= 4 is 19.7 Å². The molecule has 0 rings (SSSR count). The molecule has 9 nitrogen and oxygen atoms in total. The molecule has 84 heavy (non-hydrogen) atoms. The molecule has 0 aliphatic carbocycles. The molecule has 0 aliphatic rings. The number of phosphoric acid groups is 1. The first-order chi connectivity index (χ1) is 40.9. The predicted molar refractivity (Wildman–Crippen MR) is 364 cm³/mol. The molecule has 0 radical (unpaired) electrons. The number of unbranched alkanes of at least 4 members (excludes halogenated alkanes) is 30. The van der Waals surface area contributed by atoms with Crippen LogP contribution in [0.4, 0.5) is 0 Å². The van der Waals surface area contributed by atoms with Crippen molar-refractivity contribution in [2.75, 3.05) is 40.9 Å². The molecule has 484 valence electrons. The van der Waals surface area contributed by atoms with E-state index in [0.717, 1.165) is 128 Å². The van der Waals surface area contributed by atoms with Gasteiger partial charge in [0.2, 0.25) is 5.91 Å². The molecule has 0 saturated carbocycles. The maximum Gasteiger partial charge on any atom is 0.472 e. The maximum absolute atomic E-state index is 13.6. The van der Waals surface area contributed by atoms with E-state index in [1.54, 1.807) is 0 Å². The van der Waals surface area contributed by atoms with Gasteiger partial charge >= 0.3 is 13.8 Å². The Labute approximate surface area is 519 Å². The molecule has 0 aromatic heterocycles. The molecule has 0 spiro atoms. The van der Waals surface area contributed by atoms with Crippen LogP contribution in [0, 0.1) is 0 Å². The van der Waals surface area contributed by atoms with Crippen molar-refractivity contribution < 1.29 is 37.3 Å². The quantitative estimate of drug-likeness (QED) is 0.0205. The van der Waals surface area contributed by atoms with Crippen LogP contribution in [0.5, 0.6) is 0 Å². The highest BCUT2D eigenvalue weighted by Gasteiger charge is 2.30. The van der Waals surface area contributed by atoms with Crippen LogP contribution in [-0.4, -0.2) is 74.3 Å². The molecule has 0 aromatic rings. The molecule has 10 heteroatoms. The van der Waals surface area contributed by atoms with Crippen molar-refractivity contribution in [3.8, 4) is 0 Å². The summed E-state index contributed by atoms with van der Waals surface area (Å²) in [4.78, 5) is 37.9. The Balaban J connectivity index is 5.15. The van der Waals surface area contributed by atoms with Gasteiger partial charge in [0.15, 0.2) is 0 Å². The lowest BCUT2D eigenvalue weighted by atomic mass is 10.0. The van der Waals surface area contributed by atoms with Gasteiger partial charge in [-0.1, -0.05) is 278 Å². The Morgan fingerprint density at radius 1 is 0.429 bits per heavy atom. The fourth-order valence-corrected chi connectivity index (χ4v) is 10.4. The highest BCUT2D eigenvalue weighted by molar-refractivity contribution is 7.47. The number of quaternary nitrogens is 1. The van der Waals surface area contributed by atoms with Crippen molar-refractivity contribution in [2.45, 2.75) is 309 Å². The Hall–Kier alpha value is -3.33. The molecular weight excluding hydrogens is 1060 g/mol. The summed E-state index contributed by atoms with van der Waals surface area (Å²) < 4.78 is 30.8. The fourth-order valence-electron chi connectivity index (χ4n) is 9.62. The van der Waals surface area contributed by atoms with Crippen LogP contribution in [0.15, 0.2) is 109 Å². The molecule has 3 atom stereocenters. The molecule has 0 fully saturated rings. The Bertz CT molecular complexity index is 1810. The monoisotopic (exact) mass is 1190 g/mol. The van der Waals surface area contributed by atoms with Crippen molar-refractivity contribution in [1.29, 1.82) is 0 Å². The zero-order valence-electron chi connectivity index (χ0n) is 55.4. The first kappa shape index (κ1) is 80.7. The van der Waals surface area contributed by atoms with Gasteiger partial charge in [0.05, 0.1) is 33.8 Å². The summed E-state index contributed by atoms with van der Waals surface area (Å²) in [6, 6.07) is -0.863. The van der Waals surface area contributed by atoms with Crippen LogP contribution in [0.3, 0.4) is 0 Å². The second-order valence-corrected chi connectivity index (χ2v) is 25.8. The maximum atomic E-state index is 13.6. The molecule has 0 aliphatic heterocycles. The number of nitrogens with zero attached hydrogens (tertiary/aromatic N) is 1. The SMILES string of the molecule is CC/C=C\C/C=C\C/C=C\C/C=C\C/C=C\CCCCCCCCCC(=O)OC(/C=C/CCCCCCCCCCCC)C(COP(=O)(O)OCC[N+](C)(C)C)NC(=O)CCCCCCCCCCCC/C=C\C/C=C\C/C=C\CCCCC. The van der Waals surface area contributed by atoms with Gasteiger partial charge in [0.25, 0.3) is 0 Å². The van der Waals surface area contributed by atoms with Gasteiger partial charge in [-0.25, -0.2) is 4.57 Å². The van der Waals surface area contributed by atoms with E-state index in [9.17, 15) is 19.0 Å². The number of nitrogens with one attached hydrogen (secondary N) is 1. The Kier molecular flexibility index (Phi) is 60.2. The molecule has 0 bridgehead atoms. The number of esters is 1. The smallest absolute Gasteiger partial charge is 0.456 e. The van der Waals surface area contributed by atoms with E-state index in [1.165, 1.54) is 135 Å². The summed E-state index contributed by atoms with van der Waals surface area (Å²) in [5, 5.41) is 3.06. The van der Waals surface area contributed by atoms with Crippen molar-refractivity contribution in [1.82, 2.24) is 5.32 Å². The molecule has 0 saturated heterocycles. The van der Waals surface area contributed by atoms with E-state index in [-0.39, 0.29) is 31.5 Å². The second-order valence-electron chi connectivity index (χ2n) is 24.3. The van der Waals surface area contributed by atoms with Gasteiger partial charge in [-0.05, 0) is 115 Å². The third-order valence-electron chi connectivity index (χ3n) is 14.9. The first-order valence-electron chi connectivity index (χ1n) is 34.7. The lowest BCUT2D eigenvalue weighted by Crippen LogP contribution is -2.47. The third kappa shape index (κ3) is 63.2.